The highest BCUT2D eigenvalue weighted by molar-refractivity contribution is 8.93. The number of phenols is 1. The Kier molecular flexibility index (Phi) is 10.0. The molecule has 0 spiro atoms. The summed E-state index contributed by atoms with van der Waals surface area (Å²) in [6, 6.07) is 20.5. The molecule has 42 heavy (non-hydrogen) atoms. The highest BCUT2D eigenvalue weighted by Crippen LogP contribution is 2.39. The SMILES string of the molecule is Br.COC(=O)c1ccc(N=c2n(CC(=O)c3cc(C(C)(C)C)c(O)c(C(C)(C)C)c3)ccn2Cc2ccccc2)cc1. The first kappa shape index (κ1) is 32.6. The molecule has 0 amide bonds. The van der Waals surface area contributed by atoms with Gasteiger partial charge < -0.3 is 19.0 Å². The van der Waals surface area contributed by atoms with Crippen molar-refractivity contribution < 1.29 is 19.4 Å². The van der Waals surface area contributed by atoms with Gasteiger partial charge in [0.2, 0.25) is 5.62 Å². The lowest BCUT2D eigenvalue weighted by molar-refractivity contribution is 0.0600. The number of phenolic OH excluding ortho intramolecular Hbond substituents is 1. The van der Waals surface area contributed by atoms with Crippen molar-refractivity contribution in [3.8, 4) is 5.75 Å². The monoisotopic (exact) mass is 633 g/mol. The van der Waals surface area contributed by atoms with Gasteiger partial charge in [-0.25, -0.2) is 9.79 Å². The van der Waals surface area contributed by atoms with Gasteiger partial charge >= 0.3 is 5.97 Å². The number of rotatable bonds is 7. The van der Waals surface area contributed by atoms with Crippen molar-refractivity contribution in [2.45, 2.75) is 65.5 Å². The summed E-state index contributed by atoms with van der Waals surface area (Å²) in [4.78, 5) is 30.6. The van der Waals surface area contributed by atoms with E-state index in [4.69, 9.17) is 9.73 Å². The second-order valence-corrected chi connectivity index (χ2v) is 12.3. The van der Waals surface area contributed by atoms with Crippen molar-refractivity contribution in [3.05, 3.63) is 113 Å². The summed E-state index contributed by atoms with van der Waals surface area (Å²) in [5.41, 5.74) is 4.13. The fourth-order valence-corrected chi connectivity index (χ4v) is 4.70. The number of nitrogens with zero attached hydrogens (tertiary/aromatic N) is 3. The maximum Gasteiger partial charge on any atom is 0.337 e. The second-order valence-electron chi connectivity index (χ2n) is 12.3. The predicted octanol–water partition coefficient (Wildman–Crippen LogP) is 7.12. The number of halogens is 1. The average molecular weight is 635 g/mol. The van der Waals surface area contributed by atoms with Gasteiger partial charge in [-0.05, 0) is 52.8 Å². The van der Waals surface area contributed by atoms with Crippen molar-refractivity contribution in [1.29, 1.82) is 0 Å². The number of Topliss-reactive ketones (excluding diaryl/α,β-unsaturated/α-hetero) is 1. The molecule has 0 saturated carbocycles. The minimum absolute atomic E-state index is 0. The summed E-state index contributed by atoms with van der Waals surface area (Å²) in [6.07, 6.45) is 3.78. The van der Waals surface area contributed by atoms with Crippen LogP contribution in [0.15, 0.2) is 84.1 Å². The van der Waals surface area contributed by atoms with Crippen LogP contribution in [0, 0.1) is 0 Å². The van der Waals surface area contributed by atoms with E-state index in [2.05, 4.69) is 0 Å². The molecule has 0 bridgehead atoms. The Morgan fingerprint density at radius 3 is 1.88 bits per heavy atom. The molecular weight excluding hydrogens is 594 g/mol. The van der Waals surface area contributed by atoms with E-state index in [1.165, 1.54) is 7.11 Å². The van der Waals surface area contributed by atoms with E-state index in [1.807, 2.05) is 106 Å². The summed E-state index contributed by atoms with van der Waals surface area (Å²) in [5.74, 6) is -0.252. The van der Waals surface area contributed by atoms with Crippen LogP contribution < -0.4 is 5.62 Å². The number of hydrogen-bond donors (Lipinski definition) is 1. The molecule has 4 aromatic rings. The zero-order valence-corrected chi connectivity index (χ0v) is 27.1. The highest BCUT2D eigenvalue weighted by atomic mass is 79.9. The van der Waals surface area contributed by atoms with Gasteiger partial charge in [0, 0.05) is 29.1 Å². The molecule has 0 aliphatic heterocycles. The molecule has 0 unspecified atom stereocenters. The molecule has 4 rings (SSSR count). The summed E-state index contributed by atoms with van der Waals surface area (Å²) in [5, 5.41) is 11.1. The molecular formula is C34H40BrN3O4. The minimum atomic E-state index is -0.414. The number of benzene rings is 3. The van der Waals surface area contributed by atoms with Gasteiger partial charge in [0.15, 0.2) is 5.78 Å². The number of aromatic hydroxyl groups is 1. The van der Waals surface area contributed by atoms with Crippen molar-refractivity contribution in [1.82, 2.24) is 9.13 Å². The number of carbonyl (C=O) groups excluding carboxylic acids is 2. The van der Waals surface area contributed by atoms with Crippen LogP contribution in [-0.2, 0) is 28.7 Å². The van der Waals surface area contributed by atoms with Crippen LogP contribution in [0.4, 0.5) is 5.69 Å². The van der Waals surface area contributed by atoms with E-state index >= 15 is 0 Å². The van der Waals surface area contributed by atoms with Gasteiger partial charge in [-0.1, -0.05) is 71.9 Å². The van der Waals surface area contributed by atoms with Gasteiger partial charge in [0.1, 0.15) is 5.75 Å². The lowest BCUT2D eigenvalue weighted by Gasteiger charge is -2.28. The molecule has 1 aromatic heterocycles. The molecule has 0 aliphatic carbocycles. The van der Waals surface area contributed by atoms with Crippen molar-refractivity contribution in [3.63, 3.8) is 0 Å². The minimum Gasteiger partial charge on any atom is -0.507 e. The summed E-state index contributed by atoms with van der Waals surface area (Å²) < 4.78 is 8.64. The Morgan fingerprint density at radius 2 is 1.36 bits per heavy atom. The summed E-state index contributed by atoms with van der Waals surface area (Å²) in [7, 11) is 1.35. The molecule has 8 heteroatoms. The number of methoxy groups -OCH3 is 1. The number of hydrogen-bond acceptors (Lipinski definition) is 5. The van der Waals surface area contributed by atoms with Gasteiger partial charge in [0.25, 0.3) is 0 Å². The van der Waals surface area contributed by atoms with Gasteiger partial charge in [-0.3, -0.25) is 4.79 Å². The standard InChI is InChI=1S/C34H39N3O4.BrH/c1-33(2,3)27-19-25(20-28(30(27)39)34(4,5)6)29(38)22-37-18-17-36(21-23-11-9-8-10-12-23)32(37)35-26-15-13-24(14-16-26)31(40)41-7;/h8-20,39H,21-22H2,1-7H3;1H. The normalized spacial score (nSPS) is 12.1. The zero-order valence-electron chi connectivity index (χ0n) is 25.3. The number of ketones is 1. The molecule has 7 nitrogen and oxygen atoms in total. The third kappa shape index (κ3) is 7.48. The van der Waals surface area contributed by atoms with E-state index in [0.717, 1.165) is 16.7 Å². The first-order valence-corrected chi connectivity index (χ1v) is 13.7. The lowest BCUT2D eigenvalue weighted by atomic mass is 9.78. The maximum absolute atomic E-state index is 13.8. The van der Waals surface area contributed by atoms with Gasteiger partial charge in [-0.15, -0.1) is 17.0 Å². The first-order valence-electron chi connectivity index (χ1n) is 13.7. The zero-order chi connectivity index (χ0) is 29.9. The van der Waals surface area contributed by atoms with Crippen LogP contribution >= 0.6 is 17.0 Å². The Bertz CT molecular complexity index is 1590. The summed E-state index contributed by atoms with van der Waals surface area (Å²) in [6.45, 7) is 12.8. The van der Waals surface area contributed by atoms with Crippen molar-refractivity contribution >= 4 is 34.4 Å². The van der Waals surface area contributed by atoms with Crippen LogP contribution in [-0.4, -0.2) is 33.1 Å². The van der Waals surface area contributed by atoms with E-state index in [0.29, 0.717) is 29.0 Å². The van der Waals surface area contributed by atoms with Crippen LogP contribution in [0.3, 0.4) is 0 Å². The Balaban J connectivity index is 0.00000484. The quantitative estimate of drug-likeness (QED) is 0.173. The third-order valence-electron chi connectivity index (χ3n) is 7.02. The van der Waals surface area contributed by atoms with E-state index in [1.54, 1.807) is 24.3 Å². The van der Waals surface area contributed by atoms with E-state index in [-0.39, 0.29) is 45.9 Å². The molecule has 0 aliphatic rings. The van der Waals surface area contributed by atoms with Crippen LogP contribution in [0.25, 0.3) is 0 Å². The molecule has 222 valence electrons. The summed E-state index contributed by atoms with van der Waals surface area (Å²) >= 11 is 0. The first-order chi connectivity index (χ1) is 19.3. The van der Waals surface area contributed by atoms with Gasteiger partial charge in [0.05, 0.1) is 31.5 Å². The Morgan fingerprint density at radius 1 is 0.810 bits per heavy atom. The molecule has 0 radical (unpaired) electrons. The fourth-order valence-electron chi connectivity index (χ4n) is 4.70. The largest absolute Gasteiger partial charge is 0.507 e. The Hall–Kier alpha value is -3.91. The number of aromatic nitrogens is 2. The fraction of sp³-hybridized carbons (Fsp3) is 0.324. The van der Waals surface area contributed by atoms with Gasteiger partial charge in [-0.2, -0.15) is 0 Å². The van der Waals surface area contributed by atoms with E-state index < -0.39 is 5.97 Å². The number of carbonyl (C=O) groups is 2. The van der Waals surface area contributed by atoms with Crippen LogP contribution in [0.1, 0.15) is 78.9 Å². The topological polar surface area (TPSA) is 85.8 Å². The van der Waals surface area contributed by atoms with Crippen LogP contribution in [0.5, 0.6) is 5.75 Å². The van der Waals surface area contributed by atoms with Crippen molar-refractivity contribution in [2.75, 3.05) is 7.11 Å². The van der Waals surface area contributed by atoms with Crippen molar-refractivity contribution in [2.24, 2.45) is 4.99 Å². The molecule has 3 aromatic carbocycles. The smallest absolute Gasteiger partial charge is 0.337 e. The molecule has 1 N–H and O–H groups in total. The number of imidazole rings is 1. The molecule has 0 atom stereocenters. The third-order valence-corrected chi connectivity index (χ3v) is 7.02. The Labute approximate surface area is 258 Å². The molecule has 1 heterocycles. The maximum atomic E-state index is 13.8. The van der Waals surface area contributed by atoms with Crippen LogP contribution in [0.2, 0.25) is 0 Å². The molecule has 0 saturated heterocycles. The number of ether oxygens (including phenoxy) is 1. The van der Waals surface area contributed by atoms with E-state index in [9.17, 15) is 14.7 Å². The number of esters is 1. The second kappa shape index (κ2) is 12.9. The molecule has 0 fully saturated rings. The predicted molar refractivity (Wildman–Crippen MR) is 171 cm³/mol. The highest BCUT2D eigenvalue weighted by Gasteiger charge is 2.28. The lowest BCUT2D eigenvalue weighted by Crippen LogP contribution is -2.29. The average Bonchev–Trinajstić information content (AvgIpc) is 3.28.